The van der Waals surface area contributed by atoms with Crippen LogP contribution in [-0.4, -0.2) is 42.0 Å². The zero-order valence-electron chi connectivity index (χ0n) is 14.3. The third-order valence-electron chi connectivity index (χ3n) is 5.34. The molecule has 3 heterocycles. The summed E-state index contributed by atoms with van der Waals surface area (Å²) < 4.78 is 0.991. The molecule has 2 atom stereocenters. The summed E-state index contributed by atoms with van der Waals surface area (Å²) in [5.74, 6) is 2.12. The van der Waals surface area contributed by atoms with Crippen molar-refractivity contribution >= 4 is 27.7 Å². The molecule has 2 aromatic rings. The fourth-order valence-corrected chi connectivity index (χ4v) is 4.36. The molecule has 0 spiro atoms. The largest absolute Gasteiger partial charge is 0.356 e. The van der Waals surface area contributed by atoms with Crippen molar-refractivity contribution in [1.29, 1.82) is 5.26 Å². The first-order valence-corrected chi connectivity index (χ1v) is 9.55. The number of likely N-dealkylation sites (tertiary alicyclic amines) is 1. The molecule has 0 bridgehead atoms. The number of anilines is 1. The van der Waals surface area contributed by atoms with Gasteiger partial charge in [-0.25, -0.2) is 4.98 Å². The molecule has 2 fully saturated rings. The lowest BCUT2D eigenvalue weighted by Crippen LogP contribution is -2.34. The second-order valence-electron chi connectivity index (χ2n) is 7.01. The molecule has 0 saturated carbocycles. The highest BCUT2D eigenvalue weighted by molar-refractivity contribution is 9.10. The number of pyridine rings is 1. The molecule has 2 aliphatic heterocycles. The molecule has 0 N–H and O–H groups in total. The summed E-state index contributed by atoms with van der Waals surface area (Å²) in [6, 6.07) is 13.7. The average Bonchev–Trinajstić information content (AvgIpc) is 3.23. The Morgan fingerprint density at radius 2 is 1.88 bits per heavy atom. The highest BCUT2D eigenvalue weighted by Crippen LogP contribution is 2.33. The van der Waals surface area contributed by atoms with E-state index in [2.05, 4.69) is 31.9 Å². The minimum atomic E-state index is 0.203. The van der Waals surface area contributed by atoms with Crippen molar-refractivity contribution in [3.63, 3.8) is 0 Å². The molecule has 2 saturated heterocycles. The maximum absolute atomic E-state index is 12.7. The van der Waals surface area contributed by atoms with Crippen LogP contribution in [0.4, 0.5) is 5.82 Å². The van der Waals surface area contributed by atoms with E-state index in [0.717, 1.165) is 42.0 Å². The van der Waals surface area contributed by atoms with Gasteiger partial charge in [-0.3, -0.25) is 4.79 Å². The highest BCUT2D eigenvalue weighted by Gasteiger charge is 2.41. The SMILES string of the molecule is N#Cc1ccc(N2CC3CN(C(=O)Cc4ccccc4Br)CC3C2)nc1. The summed E-state index contributed by atoms with van der Waals surface area (Å²) in [4.78, 5) is 21.3. The molecule has 1 amide bonds. The van der Waals surface area contributed by atoms with E-state index in [-0.39, 0.29) is 5.91 Å². The van der Waals surface area contributed by atoms with Crippen LogP contribution in [0.3, 0.4) is 0 Å². The van der Waals surface area contributed by atoms with E-state index in [1.807, 2.05) is 41.3 Å². The van der Waals surface area contributed by atoms with E-state index in [4.69, 9.17) is 5.26 Å². The zero-order chi connectivity index (χ0) is 18.1. The van der Waals surface area contributed by atoms with Gasteiger partial charge in [-0.15, -0.1) is 0 Å². The van der Waals surface area contributed by atoms with Crippen molar-refractivity contribution in [1.82, 2.24) is 9.88 Å². The lowest BCUT2D eigenvalue weighted by Gasteiger charge is -2.22. The minimum absolute atomic E-state index is 0.203. The van der Waals surface area contributed by atoms with Crippen LogP contribution < -0.4 is 4.90 Å². The van der Waals surface area contributed by atoms with Gasteiger partial charge in [0, 0.05) is 48.7 Å². The fourth-order valence-electron chi connectivity index (χ4n) is 3.94. The van der Waals surface area contributed by atoms with Gasteiger partial charge in [0.1, 0.15) is 11.9 Å². The van der Waals surface area contributed by atoms with Crippen LogP contribution in [0.2, 0.25) is 0 Å². The quantitative estimate of drug-likeness (QED) is 0.780. The first kappa shape index (κ1) is 17.0. The number of carbonyl (C=O) groups is 1. The number of rotatable bonds is 3. The normalized spacial score (nSPS) is 21.5. The van der Waals surface area contributed by atoms with Crippen molar-refractivity contribution in [3.05, 3.63) is 58.2 Å². The van der Waals surface area contributed by atoms with Gasteiger partial charge < -0.3 is 9.80 Å². The first-order chi connectivity index (χ1) is 12.6. The van der Waals surface area contributed by atoms with Crippen LogP contribution in [0.1, 0.15) is 11.1 Å². The number of hydrogen-bond donors (Lipinski definition) is 0. The number of fused-ring (bicyclic) bond motifs is 1. The summed E-state index contributed by atoms with van der Waals surface area (Å²) >= 11 is 3.52. The van der Waals surface area contributed by atoms with Crippen molar-refractivity contribution in [2.45, 2.75) is 6.42 Å². The van der Waals surface area contributed by atoms with Crippen LogP contribution in [-0.2, 0) is 11.2 Å². The topological polar surface area (TPSA) is 60.2 Å². The molecule has 1 aromatic carbocycles. The lowest BCUT2D eigenvalue weighted by atomic mass is 10.0. The van der Waals surface area contributed by atoms with Gasteiger partial charge in [-0.05, 0) is 23.8 Å². The summed E-state index contributed by atoms with van der Waals surface area (Å²) in [6.45, 7) is 3.48. The Kier molecular flexibility index (Phi) is 4.64. The van der Waals surface area contributed by atoms with Crippen LogP contribution in [0.25, 0.3) is 0 Å². The molecule has 26 heavy (non-hydrogen) atoms. The van der Waals surface area contributed by atoms with Crippen molar-refractivity contribution < 1.29 is 4.79 Å². The monoisotopic (exact) mass is 410 g/mol. The third-order valence-corrected chi connectivity index (χ3v) is 6.11. The van der Waals surface area contributed by atoms with Crippen molar-refractivity contribution in [3.8, 4) is 6.07 Å². The van der Waals surface area contributed by atoms with Crippen LogP contribution in [0, 0.1) is 23.2 Å². The lowest BCUT2D eigenvalue weighted by molar-refractivity contribution is -0.129. The number of hydrogen-bond acceptors (Lipinski definition) is 4. The number of nitrogens with zero attached hydrogens (tertiary/aromatic N) is 4. The third kappa shape index (κ3) is 3.32. The minimum Gasteiger partial charge on any atom is -0.356 e. The van der Waals surface area contributed by atoms with Crippen LogP contribution in [0.5, 0.6) is 0 Å². The maximum atomic E-state index is 12.7. The van der Waals surface area contributed by atoms with Gasteiger partial charge >= 0.3 is 0 Å². The van der Waals surface area contributed by atoms with Crippen LogP contribution >= 0.6 is 15.9 Å². The van der Waals surface area contributed by atoms with Gasteiger partial charge in [0.05, 0.1) is 12.0 Å². The van der Waals surface area contributed by atoms with Gasteiger partial charge in [0.15, 0.2) is 0 Å². The predicted octanol–water partition coefficient (Wildman–Crippen LogP) is 2.85. The molecule has 0 aliphatic carbocycles. The standard InChI is InChI=1S/C20H19BrN4O/c21-18-4-2-1-3-15(18)7-20(26)25-12-16-10-24(11-17(16)13-25)19-6-5-14(8-22)9-23-19/h1-6,9,16-17H,7,10-13H2. The Morgan fingerprint density at radius 3 is 2.50 bits per heavy atom. The molecule has 4 rings (SSSR count). The summed E-state index contributed by atoms with van der Waals surface area (Å²) in [5, 5.41) is 8.89. The first-order valence-electron chi connectivity index (χ1n) is 8.76. The van der Waals surface area contributed by atoms with Crippen molar-refractivity contribution in [2.24, 2.45) is 11.8 Å². The molecule has 0 radical (unpaired) electrons. The summed E-state index contributed by atoms with van der Waals surface area (Å²) in [5.41, 5.74) is 1.62. The number of aromatic nitrogens is 1. The smallest absolute Gasteiger partial charge is 0.227 e. The Balaban J connectivity index is 1.36. The van der Waals surface area contributed by atoms with Gasteiger partial charge in [-0.2, -0.15) is 5.26 Å². The van der Waals surface area contributed by atoms with E-state index in [1.54, 1.807) is 6.20 Å². The number of halogens is 1. The summed E-state index contributed by atoms with van der Waals surface area (Å²) in [7, 11) is 0. The van der Waals surface area contributed by atoms with E-state index in [1.165, 1.54) is 0 Å². The second kappa shape index (κ2) is 7.08. The Bertz CT molecular complexity index is 847. The van der Waals surface area contributed by atoms with E-state index in [0.29, 0.717) is 23.8 Å². The predicted molar refractivity (Wildman–Crippen MR) is 103 cm³/mol. The van der Waals surface area contributed by atoms with Gasteiger partial charge in [-0.1, -0.05) is 34.1 Å². The van der Waals surface area contributed by atoms with Gasteiger partial charge in [0.2, 0.25) is 5.91 Å². The van der Waals surface area contributed by atoms with Crippen molar-refractivity contribution in [2.75, 3.05) is 31.1 Å². The van der Waals surface area contributed by atoms with Crippen LogP contribution in [0.15, 0.2) is 47.1 Å². The molecule has 2 unspecified atom stereocenters. The fraction of sp³-hybridized carbons (Fsp3) is 0.350. The molecule has 6 heteroatoms. The Morgan fingerprint density at radius 1 is 1.15 bits per heavy atom. The number of amides is 1. The number of nitriles is 1. The Hall–Kier alpha value is -2.39. The van der Waals surface area contributed by atoms with E-state index in [9.17, 15) is 4.79 Å². The Labute approximate surface area is 161 Å². The number of carbonyl (C=O) groups excluding carboxylic acids is 1. The second-order valence-corrected chi connectivity index (χ2v) is 7.86. The highest BCUT2D eigenvalue weighted by atomic mass is 79.9. The molecule has 2 aliphatic rings. The molecular weight excluding hydrogens is 392 g/mol. The molecular formula is C20H19BrN4O. The van der Waals surface area contributed by atoms with E-state index >= 15 is 0 Å². The van der Waals surface area contributed by atoms with E-state index < -0.39 is 0 Å². The average molecular weight is 411 g/mol. The van der Waals surface area contributed by atoms with Gasteiger partial charge in [0.25, 0.3) is 0 Å². The summed E-state index contributed by atoms with van der Waals surface area (Å²) in [6.07, 6.45) is 2.07. The molecule has 132 valence electrons. The maximum Gasteiger partial charge on any atom is 0.227 e. The number of benzene rings is 1. The zero-order valence-corrected chi connectivity index (χ0v) is 15.9. The molecule has 1 aromatic heterocycles. The molecule has 5 nitrogen and oxygen atoms in total.